The summed E-state index contributed by atoms with van der Waals surface area (Å²) in [6.45, 7) is 5.05. The predicted octanol–water partition coefficient (Wildman–Crippen LogP) is 5.98. The number of ether oxygens (including phenoxy) is 3. The van der Waals surface area contributed by atoms with E-state index in [-0.39, 0.29) is 6.54 Å². The van der Waals surface area contributed by atoms with Gasteiger partial charge in [0.1, 0.15) is 23.6 Å². The van der Waals surface area contributed by atoms with Gasteiger partial charge in [-0.15, -0.1) is 0 Å². The van der Waals surface area contributed by atoms with E-state index >= 15 is 0 Å². The Labute approximate surface area is 194 Å². The van der Waals surface area contributed by atoms with Crippen LogP contribution < -0.4 is 9.64 Å². The van der Waals surface area contributed by atoms with Crippen LogP contribution in [0.15, 0.2) is 78.9 Å². The van der Waals surface area contributed by atoms with E-state index in [1.807, 2.05) is 42.5 Å². The van der Waals surface area contributed by atoms with Gasteiger partial charge in [0, 0.05) is 5.69 Å². The molecule has 3 aromatic rings. The van der Waals surface area contributed by atoms with Crippen LogP contribution in [-0.2, 0) is 20.7 Å². The fraction of sp³-hybridized carbons (Fsp3) is 0.259. The van der Waals surface area contributed by atoms with Crippen molar-refractivity contribution in [3.8, 4) is 11.5 Å². The Morgan fingerprint density at radius 2 is 1.33 bits per heavy atom. The third-order valence-electron chi connectivity index (χ3n) is 4.69. The van der Waals surface area contributed by atoms with Crippen LogP contribution >= 0.6 is 0 Å². The van der Waals surface area contributed by atoms with Crippen molar-refractivity contribution in [3.05, 3.63) is 90.0 Å². The molecule has 0 aliphatic carbocycles. The number of amides is 1. The molecule has 0 radical (unpaired) electrons. The van der Waals surface area contributed by atoms with Gasteiger partial charge < -0.3 is 14.2 Å². The first-order chi connectivity index (χ1) is 15.7. The largest absolute Gasteiger partial charge is 0.468 e. The summed E-state index contributed by atoms with van der Waals surface area (Å²) in [5, 5.41) is 0. The second kappa shape index (κ2) is 10.7. The Bertz CT molecular complexity index is 1050. The summed E-state index contributed by atoms with van der Waals surface area (Å²) in [6.07, 6.45) is 0.229. The van der Waals surface area contributed by atoms with Crippen molar-refractivity contribution in [2.45, 2.75) is 32.8 Å². The standard InChI is InChI=1S/C27H29NO5/c1-27(2,3)33-26(30)28(19-25(29)31-4)22-12-16-24(17-13-22)32-23-14-10-21(11-15-23)18-20-8-6-5-7-9-20/h5-17H,18-19H2,1-4H3. The number of esters is 1. The van der Waals surface area contributed by atoms with Crippen molar-refractivity contribution in [2.24, 2.45) is 0 Å². The number of methoxy groups -OCH3 is 1. The molecule has 0 saturated carbocycles. The van der Waals surface area contributed by atoms with Crippen molar-refractivity contribution in [1.29, 1.82) is 0 Å². The minimum absolute atomic E-state index is 0.255. The lowest BCUT2D eigenvalue weighted by molar-refractivity contribution is -0.139. The van der Waals surface area contributed by atoms with E-state index in [4.69, 9.17) is 14.2 Å². The zero-order valence-electron chi connectivity index (χ0n) is 19.4. The smallest absolute Gasteiger partial charge is 0.415 e. The number of benzene rings is 3. The molecule has 0 aliphatic heterocycles. The summed E-state index contributed by atoms with van der Waals surface area (Å²) in [5.41, 5.74) is 2.25. The number of carbonyl (C=O) groups is 2. The lowest BCUT2D eigenvalue weighted by Gasteiger charge is -2.26. The zero-order valence-corrected chi connectivity index (χ0v) is 19.4. The molecular weight excluding hydrogens is 418 g/mol. The van der Waals surface area contributed by atoms with Crippen molar-refractivity contribution in [3.63, 3.8) is 0 Å². The van der Waals surface area contributed by atoms with Crippen molar-refractivity contribution >= 4 is 17.7 Å². The van der Waals surface area contributed by atoms with E-state index in [0.717, 1.165) is 6.42 Å². The molecule has 0 fully saturated rings. The fourth-order valence-corrected chi connectivity index (χ4v) is 3.11. The average Bonchev–Trinajstić information content (AvgIpc) is 2.79. The third kappa shape index (κ3) is 7.38. The van der Waals surface area contributed by atoms with Crippen LogP contribution in [0, 0.1) is 0 Å². The summed E-state index contributed by atoms with van der Waals surface area (Å²) >= 11 is 0. The van der Waals surface area contributed by atoms with E-state index in [1.165, 1.54) is 23.1 Å². The molecule has 3 rings (SSSR count). The van der Waals surface area contributed by atoms with Crippen LogP contribution in [0.4, 0.5) is 10.5 Å². The molecule has 172 valence electrons. The monoisotopic (exact) mass is 447 g/mol. The molecule has 33 heavy (non-hydrogen) atoms. The van der Waals surface area contributed by atoms with Crippen LogP contribution in [0.2, 0.25) is 0 Å². The Morgan fingerprint density at radius 1 is 0.788 bits per heavy atom. The highest BCUT2D eigenvalue weighted by Gasteiger charge is 2.25. The van der Waals surface area contributed by atoms with Gasteiger partial charge in [-0.05, 0) is 74.7 Å². The lowest BCUT2D eigenvalue weighted by atomic mass is 10.1. The summed E-state index contributed by atoms with van der Waals surface area (Å²) in [6, 6.07) is 25.1. The molecule has 0 atom stereocenters. The molecule has 6 heteroatoms. The van der Waals surface area contributed by atoms with Crippen LogP contribution in [-0.4, -0.2) is 31.3 Å². The molecule has 0 saturated heterocycles. The van der Waals surface area contributed by atoms with E-state index in [2.05, 4.69) is 12.1 Å². The molecule has 0 aliphatic rings. The molecule has 0 spiro atoms. The Morgan fingerprint density at radius 3 is 1.88 bits per heavy atom. The van der Waals surface area contributed by atoms with Crippen molar-refractivity contribution < 1.29 is 23.8 Å². The Balaban J connectivity index is 1.68. The average molecular weight is 448 g/mol. The van der Waals surface area contributed by atoms with Gasteiger partial charge >= 0.3 is 12.1 Å². The molecule has 0 bridgehead atoms. The van der Waals surface area contributed by atoms with Crippen molar-refractivity contribution in [2.75, 3.05) is 18.6 Å². The maximum Gasteiger partial charge on any atom is 0.415 e. The number of rotatable bonds is 7. The zero-order chi connectivity index (χ0) is 23.8. The quantitative estimate of drug-likeness (QED) is 0.417. The van der Waals surface area contributed by atoms with Crippen LogP contribution in [0.3, 0.4) is 0 Å². The second-order valence-corrected chi connectivity index (χ2v) is 8.54. The topological polar surface area (TPSA) is 65.1 Å². The minimum Gasteiger partial charge on any atom is -0.468 e. The highest BCUT2D eigenvalue weighted by molar-refractivity contribution is 5.93. The van der Waals surface area contributed by atoms with Crippen LogP contribution in [0.25, 0.3) is 0 Å². The van der Waals surface area contributed by atoms with Crippen LogP contribution in [0.1, 0.15) is 31.9 Å². The highest BCUT2D eigenvalue weighted by Crippen LogP contribution is 2.26. The van der Waals surface area contributed by atoms with Crippen molar-refractivity contribution in [1.82, 2.24) is 0 Å². The van der Waals surface area contributed by atoms with Gasteiger partial charge in [0.25, 0.3) is 0 Å². The lowest BCUT2D eigenvalue weighted by Crippen LogP contribution is -2.40. The van der Waals surface area contributed by atoms with E-state index in [0.29, 0.717) is 17.2 Å². The maximum atomic E-state index is 12.6. The summed E-state index contributed by atoms with van der Waals surface area (Å²) < 4.78 is 16.1. The Hall–Kier alpha value is -3.80. The second-order valence-electron chi connectivity index (χ2n) is 8.54. The third-order valence-corrected chi connectivity index (χ3v) is 4.69. The van der Waals surface area contributed by atoms with Crippen LogP contribution in [0.5, 0.6) is 11.5 Å². The minimum atomic E-state index is -0.693. The van der Waals surface area contributed by atoms with Gasteiger partial charge in [-0.3, -0.25) is 9.69 Å². The molecule has 0 heterocycles. The molecule has 1 amide bonds. The first-order valence-electron chi connectivity index (χ1n) is 10.7. The maximum absolute atomic E-state index is 12.6. The normalized spacial score (nSPS) is 10.9. The summed E-state index contributed by atoms with van der Waals surface area (Å²) in [5.74, 6) is 0.770. The SMILES string of the molecule is COC(=O)CN(C(=O)OC(C)(C)C)c1ccc(Oc2ccc(Cc3ccccc3)cc2)cc1. The highest BCUT2D eigenvalue weighted by atomic mass is 16.6. The molecule has 6 nitrogen and oxygen atoms in total. The van der Waals surface area contributed by atoms with E-state index < -0.39 is 17.7 Å². The van der Waals surface area contributed by atoms with Gasteiger partial charge in [-0.25, -0.2) is 4.79 Å². The number of nitrogens with zero attached hydrogens (tertiary/aromatic N) is 1. The van der Waals surface area contributed by atoms with Gasteiger partial charge in [0.15, 0.2) is 0 Å². The molecule has 0 aromatic heterocycles. The van der Waals surface area contributed by atoms with Gasteiger partial charge in [-0.1, -0.05) is 42.5 Å². The first-order valence-corrected chi connectivity index (χ1v) is 10.7. The van der Waals surface area contributed by atoms with Gasteiger partial charge in [0.2, 0.25) is 0 Å². The molecule has 0 unspecified atom stereocenters. The van der Waals surface area contributed by atoms with E-state index in [9.17, 15) is 9.59 Å². The van der Waals surface area contributed by atoms with Gasteiger partial charge in [-0.2, -0.15) is 0 Å². The fourth-order valence-electron chi connectivity index (χ4n) is 3.11. The molecule has 0 N–H and O–H groups in total. The molecule has 3 aromatic carbocycles. The number of hydrogen-bond donors (Lipinski definition) is 0. The molecular formula is C27H29NO5. The summed E-state index contributed by atoms with van der Waals surface area (Å²) in [7, 11) is 1.28. The number of anilines is 1. The summed E-state index contributed by atoms with van der Waals surface area (Å²) in [4.78, 5) is 25.7. The Kier molecular flexibility index (Phi) is 7.72. The number of hydrogen-bond acceptors (Lipinski definition) is 5. The number of carbonyl (C=O) groups excluding carboxylic acids is 2. The van der Waals surface area contributed by atoms with E-state index in [1.54, 1.807) is 45.0 Å². The predicted molar refractivity (Wildman–Crippen MR) is 128 cm³/mol. The van der Waals surface area contributed by atoms with Gasteiger partial charge in [0.05, 0.1) is 7.11 Å². The first kappa shape index (κ1) is 23.9.